The van der Waals surface area contributed by atoms with Crippen LogP contribution in [0.3, 0.4) is 0 Å². The quantitative estimate of drug-likeness (QED) is 0.912. The average Bonchev–Trinajstić information content (AvgIpc) is 3.33. The van der Waals surface area contributed by atoms with Crippen LogP contribution in [0.2, 0.25) is 0 Å². The Bertz CT molecular complexity index is 803. The molecule has 0 aromatic carbocycles. The fraction of sp³-hybridized carbons (Fsp3) is 0.529. The maximum atomic E-state index is 12.5. The summed E-state index contributed by atoms with van der Waals surface area (Å²) in [6.45, 7) is 3.24. The number of rotatable bonds is 3. The normalized spacial score (nSPS) is 17.6. The Kier molecular flexibility index (Phi) is 4.03. The number of fused-ring (bicyclic) bond motifs is 1. The number of carbonyl (C=O) groups excluding carboxylic acids is 2. The van der Waals surface area contributed by atoms with Gasteiger partial charge in [-0.2, -0.15) is 5.10 Å². The molecule has 8 heteroatoms. The number of nitrogens with one attached hydrogen (secondary N) is 1. The maximum Gasteiger partial charge on any atom is 0.291 e. The predicted octanol–water partition coefficient (Wildman–Crippen LogP) is 1.51. The molecular formula is C17H21N5O3. The molecule has 3 heterocycles. The average molecular weight is 343 g/mol. The van der Waals surface area contributed by atoms with Crippen LogP contribution in [0.1, 0.15) is 58.1 Å². The van der Waals surface area contributed by atoms with E-state index in [9.17, 15) is 9.59 Å². The van der Waals surface area contributed by atoms with Crippen molar-refractivity contribution in [1.82, 2.24) is 25.0 Å². The first-order chi connectivity index (χ1) is 12.1. The van der Waals surface area contributed by atoms with E-state index in [1.54, 1.807) is 22.6 Å². The highest BCUT2D eigenvalue weighted by Gasteiger charge is 2.28. The molecule has 2 aromatic heterocycles. The Hall–Kier alpha value is -2.64. The summed E-state index contributed by atoms with van der Waals surface area (Å²) in [4.78, 5) is 30.6. The van der Waals surface area contributed by atoms with Crippen molar-refractivity contribution in [2.45, 2.75) is 51.7 Å². The van der Waals surface area contributed by atoms with Gasteiger partial charge in [-0.1, -0.05) is 12.8 Å². The summed E-state index contributed by atoms with van der Waals surface area (Å²) < 4.78 is 7.00. The highest BCUT2D eigenvalue weighted by molar-refractivity contribution is 5.93. The van der Waals surface area contributed by atoms with Crippen molar-refractivity contribution >= 4 is 11.8 Å². The van der Waals surface area contributed by atoms with E-state index in [1.165, 1.54) is 19.2 Å². The molecule has 1 saturated carbocycles. The predicted molar refractivity (Wildman–Crippen MR) is 87.9 cm³/mol. The van der Waals surface area contributed by atoms with Crippen molar-refractivity contribution < 1.29 is 14.0 Å². The lowest BCUT2D eigenvalue weighted by atomic mass is 10.2. The third kappa shape index (κ3) is 3.04. The number of hydrogen-bond donors (Lipinski definition) is 1. The zero-order chi connectivity index (χ0) is 17.4. The van der Waals surface area contributed by atoms with Crippen LogP contribution in [0.25, 0.3) is 0 Å². The molecule has 0 radical (unpaired) electrons. The lowest BCUT2D eigenvalue weighted by Gasteiger charge is -2.26. The summed E-state index contributed by atoms with van der Waals surface area (Å²) >= 11 is 0. The van der Waals surface area contributed by atoms with Crippen LogP contribution in [-0.2, 0) is 13.1 Å². The number of oxazole rings is 1. The fourth-order valence-corrected chi connectivity index (χ4v) is 3.53. The second kappa shape index (κ2) is 6.34. The smallest absolute Gasteiger partial charge is 0.291 e. The van der Waals surface area contributed by atoms with Crippen LogP contribution in [0, 0.1) is 6.92 Å². The first kappa shape index (κ1) is 15.9. The Morgan fingerprint density at radius 2 is 2.08 bits per heavy atom. The lowest BCUT2D eigenvalue weighted by Crippen LogP contribution is -2.38. The largest absolute Gasteiger partial charge is 0.438 e. The SMILES string of the molecule is Cc1ncoc1C(=O)N1CCn2nc(C(=O)NC3CCCC3)cc2C1. The molecule has 132 valence electrons. The van der Waals surface area contributed by atoms with Crippen molar-refractivity contribution in [3.8, 4) is 0 Å². The number of carbonyl (C=O) groups is 2. The first-order valence-corrected chi connectivity index (χ1v) is 8.69. The van der Waals surface area contributed by atoms with Crippen LogP contribution < -0.4 is 5.32 Å². The molecule has 2 amide bonds. The molecule has 0 unspecified atom stereocenters. The highest BCUT2D eigenvalue weighted by atomic mass is 16.3. The van der Waals surface area contributed by atoms with Gasteiger partial charge in [0.2, 0.25) is 5.76 Å². The van der Waals surface area contributed by atoms with Gasteiger partial charge in [-0.3, -0.25) is 14.3 Å². The number of hydrogen-bond acceptors (Lipinski definition) is 5. The van der Waals surface area contributed by atoms with Crippen LogP contribution in [0.15, 0.2) is 16.9 Å². The van der Waals surface area contributed by atoms with Crippen LogP contribution in [0.4, 0.5) is 0 Å². The van der Waals surface area contributed by atoms with Gasteiger partial charge in [0, 0.05) is 12.6 Å². The van der Waals surface area contributed by atoms with Crippen molar-refractivity contribution in [3.05, 3.63) is 35.3 Å². The van der Waals surface area contributed by atoms with Gasteiger partial charge in [0.25, 0.3) is 11.8 Å². The number of aryl methyl sites for hydroxylation is 1. The van der Waals surface area contributed by atoms with Gasteiger partial charge in [-0.15, -0.1) is 0 Å². The third-order valence-corrected chi connectivity index (χ3v) is 4.95. The zero-order valence-electron chi connectivity index (χ0n) is 14.2. The second-order valence-corrected chi connectivity index (χ2v) is 6.69. The Morgan fingerprint density at radius 1 is 1.28 bits per heavy atom. The van der Waals surface area contributed by atoms with E-state index in [0.29, 0.717) is 31.0 Å². The second-order valence-electron chi connectivity index (χ2n) is 6.69. The molecule has 0 saturated heterocycles. The van der Waals surface area contributed by atoms with Crippen LogP contribution >= 0.6 is 0 Å². The summed E-state index contributed by atoms with van der Waals surface area (Å²) in [6, 6.07) is 2.04. The summed E-state index contributed by atoms with van der Waals surface area (Å²) in [7, 11) is 0. The Balaban J connectivity index is 1.46. The van der Waals surface area contributed by atoms with Crippen LogP contribution in [-0.4, -0.2) is 44.1 Å². The van der Waals surface area contributed by atoms with Gasteiger partial charge in [0.05, 0.1) is 24.5 Å². The van der Waals surface area contributed by atoms with E-state index in [-0.39, 0.29) is 23.6 Å². The van der Waals surface area contributed by atoms with E-state index in [0.717, 1.165) is 18.5 Å². The van der Waals surface area contributed by atoms with E-state index in [4.69, 9.17) is 4.42 Å². The molecule has 0 bridgehead atoms. The van der Waals surface area contributed by atoms with Crippen LogP contribution in [0.5, 0.6) is 0 Å². The molecule has 0 atom stereocenters. The van der Waals surface area contributed by atoms with Gasteiger partial charge in [0.15, 0.2) is 12.1 Å². The van der Waals surface area contributed by atoms with Gasteiger partial charge in [0.1, 0.15) is 0 Å². The maximum absolute atomic E-state index is 12.5. The van der Waals surface area contributed by atoms with Gasteiger partial charge < -0.3 is 14.6 Å². The van der Waals surface area contributed by atoms with Crippen molar-refractivity contribution in [2.24, 2.45) is 0 Å². The fourth-order valence-electron chi connectivity index (χ4n) is 3.53. The van der Waals surface area contributed by atoms with Crippen molar-refractivity contribution in [1.29, 1.82) is 0 Å². The van der Waals surface area contributed by atoms with Gasteiger partial charge >= 0.3 is 0 Å². The molecular weight excluding hydrogens is 322 g/mol. The minimum atomic E-state index is -0.181. The van der Waals surface area contributed by atoms with Gasteiger partial charge in [-0.05, 0) is 25.8 Å². The molecule has 8 nitrogen and oxygen atoms in total. The van der Waals surface area contributed by atoms with E-state index in [2.05, 4.69) is 15.4 Å². The molecule has 25 heavy (non-hydrogen) atoms. The van der Waals surface area contributed by atoms with E-state index in [1.807, 2.05) is 0 Å². The molecule has 1 fully saturated rings. The molecule has 1 N–H and O–H groups in total. The number of aromatic nitrogens is 3. The summed E-state index contributed by atoms with van der Waals surface area (Å²) in [5, 5.41) is 7.45. The van der Waals surface area contributed by atoms with Gasteiger partial charge in [-0.25, -0.2) is 4.98 Å². The topological polar surface area (TPSA) is 93.3 Å². The van der Waals surface area contributed by atoms with E-state index < -0.39 is 0 Å². The van der Waals surface area contributed by atoms with Crippen molar-refractivity contribution in [2.75, 3.05) is 6.54 Å². The first-order valence-electron chi connectivity index (χ1n) is 8.69. The van der Waals surface area contributed by atoms with E-state index >= 15 is 0 Å². The molecule has 4 rings (SSSR count). The highest BCUT2D eigenvalue weighted by Crippen LogP contribution is 2.20. The number of amides is 2. The monoisotopic (exact) mass is 343 g/mol. The Labute approximate surface area is 145 Å². The zero-order valence-corrected chi connectivity index (χ0v) is 14.2. The lowest BCUT2D eigenvalue weighted by molar-refractivity contribution is 0.0672. The Morgan fingerprint density at radius 3 is 2.80 bits per heavy atom. The minimum absolute atomic E-state index is 0.127. The molecule has 2 aromatic rings. The minimum Gasteiger partial charge on any atom is -0.438 e. The summed E-state index contributed by atoms with van der Waals surface area (Å²) in [5.41, 5.74) is 1.86. The number of nitrogens with zero attached hydrogens (tertiary/aromatic N) is 4. The van der Waals surface area contributed by atoms with Crippen molar-refractivity contribution in [3.63, 3.8) is 0 Å². The summed E-state index contributed by atoms with van der Waals surface area (Å²) in [6.07, 6.45) is 5.70. The molecule has 1 aliphatic heterocycles. The third-order valence-electron chi connectivity index (χ3n) is 4.95. The molecule has 0 spiro atoms. The standard InChI is InChI=1S/C17H21N5O3/c1-11-15(25-10-18-11)17(24)21-6-7-22-13(9-21)8-14(20-22)16(23)19-12-4-2-3-5-12/h8,10,12H,2-7,9H2,1H3,(H,19,23). The summed E-state index contributed by atoms with van der Waals surface area (Å²) in [5.74, 6) is -0.0377. The molecule has 1 aliphatic carbocycles. The molecule has 2 aliphatic rings.